The van der Waals surface area contributed by atoms with Crippen LogP contribution < -0.4 is 5.73 Å². The summed E-state index contributed by atoms with van der Waals surface area (Å²) in [6.45, 7) is 1.81. The van der Waals surface area contributed by atoms with E-state index >= 15 is 0 Å². The number of pyridine rings is 1. The molecular formula is C11H15N3O2. The zero-order valence-electron chi connectivity index (χ0n) is 8.97. The highest BCUT2D eigenvalue weighted by Gasteiger charge is 2.30. The van der Waals surface area contributed by atoms with Crippen molar-refractivity contribution < 1.29 is 9.90 Å². The van der Waals surface area contributed by atoms with Gasteiger partial charge in [0.25, 0.3) is 5.91 Å². The highest BCUT2D eigenvalue weighted by Crippen LogP contribution is 2.17. The molecule has 2 heterocycles. The molecule has 1 aliphatic rings. The van der Waals surface area contributed by atoms with Gasteiger partial charge < -0.3 is 15.7 Å². The first-order valence-corrected chi connectivity index (χ1v) is 5.29. The van der Waals surface area contributed by atoms with Gasteiger partial charge in [-0.3, -0.25) is 9.78 Å². The smallest absolute Gasteiger partial charge is 0.272 e. The van der Waals surface area contributed by atoms with Crippen LogP contribution in [0, 0.1) is 5.92 Å². The Morgan fingerprint density at radius 2 is 2.31 bits per heavy atom. The molecule has 0 spiro atoms. The minimum absolute atomic E-state index is 0.0757. The number of aromatic nitrogens is 1. The minimum atomic E-state index is -0.0757. The van der Waals surface area contributed by atoms with Crippen molar-refractivity contribution in [2.45, 2.75) is 6.54 Å². The van der Waals surface area contributed by atoms with Crippen LogP contribution in [0.3, 0.4) is 0 Å². The molecule has 2 rings (SSSR count). The van der Waals surface area contributed by atoms with Gasteiger partial charge in [0.15, 0.2) is 0 Å². The molecule has 0 aliphatic carbocycles. The number of aliphatic hydroxyl groups excluding tert-OH is 1. The number of amides is 1. The molecule has 0 atom stereocenters. The van der Waals surface area contributed by atoms with E-state index in [0.29, 0.717) is 25.3 Å². The fourth-order valence-electron chi connectivity index (χ4n) is 1.68. The maximum absolute atomic E-state index is 11.8. The Morgan fingerprint density at radius 1 is 1.56 bits per heavy atom. The average Bonchev–Trinajstić information content (AvgIpc) is 2.27. The van der Waals surface area contributed by atoms with Gasteiger partial charge in [-0.15, -0.1) is 0 Å². The van der Waals surface area contributed by atoms with Crippen LogP contribution in [0.5, 0.6) is 0 Å². The minimum Gasteiger partial charge on any atom is -0.396 e. The molecule has 5 heteroatoms. The summed E-state index contributed by atoms with van der Waals surface area (Å²) in [5.41, 5.74) is 6.80. The monoisotopic (exact) mass is 221 g/mol. The fourth-order valence-corrected chi connectivity index (χ4v) is 1.68. The lowest BCUT2D eigenvalue weighted by Gasteiger charge is -2.37. The van der Waals surface area contributed by atoms with E-state index in [0.717, 1.165) is 5.56 Å². The number of hydrogen-bond acceptors (Lipinski definition) is 4. The van der Waals surface area contributed by atoms with E-state index in [2.05, 4.69) is 4.98 Å². The van der Waals surface area contributed by atoms with Gasteiger partial charge in [-0.2, -0.15) is 0 Å². The van der Waals surface area contributed by atoms with E-state index in [1.807, 2.05) is 6.07 Å². The molecule has 1 aromatic heterocycles. The number of rotatable bonds is 3. The first-order valence-electron chi connectivity index (χ1n) is 5.29. The average molecular weight is 221 g/mol. The third-order valence-corrected chi connectivity index (χ3v) is 2.78. The molecule has 1 fully saturated rings. The Balaban J connectivity index is 1.99. The number of hydrogen-bond donors (Lipinski definition) is 2. The van der Waals surface area contributed by atoms with E-state index < -0.39 is 0 Å². The number of likely N-dealkylation sites (tertiary alicyclic amines) is 1. The lowest BCUT2D eigenvalue weighted by atomic mass is 10.0. The number of carbonyl (C=O) groups excluding carboxylic acids is 1. The standard InChI is InChI=1S/C11H15N3O2/c12-3-8-1-2-10(13-4-8)11(16)14-5-9(6-14)7-15/h1-2,4,9,15H,3,5-7,12H2. The van der Waals surface area contributed by atoms with E-state index in [1.165, 1.54) is 0 Å². The maximum atomic E-state index is 11.8. The normalized spacial score (nSPS) is 16.0. The van der Waals surface area contributed by atoms with Crippen LogP contribution in [0.15, 0.2) is 18.3 Å². The second kappa shape index (κ2) is 4.59. The molecule has 5 nitrogen and oxygen atoms in total. The number of nitrogens with zero attached hydrogens (tertiary/aromatic N) is 2. The van der Waals surface area contributed by atoms with Gasteiger partial charge in [-0.25, -0.2) is 0 Å². The van der Waals surface area contributed by atoms with Gasteiger partial charge in [0.1, 0.15) is 5.69 Å². The lowest BCUT2D eigenvalue weighted by Crippen LogP contribution is -2.51. The van der Waals surface area contributed by atoms with Crippen molar-refractivity contribution in [3.05, 3.63) is 29.6 Å². The third kappa shape index (κ3) is 2.05. The van der Waals surface area contributed by atoms with Crippen LogP contribution >= 0.6 is 0 Å². The molecule has 16 heavy (non-hydrogen) atoms. The number of carbonyl (C=O) groups is 1. The van der Waals surface area contributed by atoms with Crippen LogP contribution in [0.1, 0.15) is 16.1 Å². The predicted molar refractivity (Wildman–Crippen MR) is 58.6 cm³/mol. The molecular weight excluding hydrogens is 206 g/mol. The zero-order valence-corrected chi connectivity index (χ0v) is 8.97. The Kier molecular flexibility index (Phi) is 3.17. The van der Waals surface area contributed by atoms with Gasteiger partial charge in [0.2, 0.25) is 0 Å². The van der Waals surface area contributed by atoms with Crippen molar-refractivity contribution in [1.82, 2.24) is 9.88 Å². The van der Waals surface area contributed by atoms with Gasteiger partial charge in [0.05, 0.1) is 0 Å². The Morgan fingerprint density at radius 3 is 2.81 bits per heavy atom. The molecule has 0 unspecified atom stereocenters. The van der Waals surface area contributed by atoms with Crippen molar-refractivity contribution >= 4 is 5.91 Å². The van der Waals surface area contributed by atoms with E-state index in [9.17, 15) is 4.79 Å². The van der Waals surface area contributed by atoms with E-state index in [-0.39, 0.29) is 18.4 Å². The summed E-state index contributed by atoms with van der Waals surface area (Å²) < 4.78 is 0. The van der Waals surface area contributed by atoms with E-state index in [1.54, 1.807) is 17.2 Å². The van der Waals surface area contributed by atoms with Gasteiger partial charge >= 0.3 is 0 Å². The molecule has 1 aromatic rings. The molecule has 0 aromatic carbocycles. The molecule has 1 saturated heterocycles. The van der Waals surface area contributed by atoms with Crippen LogP contribution in [-0.4, -0.2) is 40.6 Å². The molecule has 0 saturated carbocycles. The second-order valence-electron chi connectivity index (χ2n) is 4.01. The van der Waals surface area contributed by atoms with E-state index in [4.69, 9.17) is 10.8 Å². The molecule has 86 valence electrons. The predicted octanol–water partition coefficient (Wildman–Crippen LogP) is -0.395. The summed E-state index contributed by atoms with van der Waals surface area (Å²) in [5, 5.41) is 8.86. The Hall–Kier alpha value is -1.46. The van der Waals surface area contributed by atoms with Crippen molar-refractivity contribution in [2.75, 3.05) is 19.7 Å². The quantitative estimate of drug-likeness (QED) is 0.728. The molecule has 0 bridgehead atoms. The first kappa shape index (κ1) is 11.0. The summed E-state index contributed by atoms with van der Waals surface area (Å²) in [7, 11) is 0. The largest absolute Gasteiger partial charge is 0.396 e. The van der Waals surface area contributed by atoms with Crippen LogP contribution in [0.2, 0.25) is 0 Å². The topological polar surface area (TPSA) is 79.5 Å². The van der Waals surface area contributed by atoms with Gasteiger partial charge in [0, 0.05) is 38.4 Å². The number of aliphatic hydroxyl groups is 1. The molecule has 1 amide bonds. The van der Waals surface area contributed by atoms with Gasteiger partial charge in [-0.1, -0.05) is 6.07 Å². The Bertz CT molecular complexity index is 371. The summed E-state index contributed by atoms with van der Waals surface area (Å²) in [5.74, 6) is 0.153. The fraction of sp³-hybridized carbons (Fsp3) is 0.455. The summed E-state index contributed by atoms with van der Waals surface area (Å²) >= 11 is 0. The SMILES string of the molecule is NCc1ccc(C(=O)N2CC(CO)C2)nc1. The molecule has 1 aliphatic heterocycles. The van der Waals surface area contributed by atoms with Crippen molar-refractivity contribution in [2.24, 2.45) is 11.7 Å². The molecule has 0 radical (unpaired) electrons. The van der Waals surface area contributed by atoms with Crippen LogP contribution in [-0.2, 0) is 6.54 Å². The van der Waals surface area contributed by atoms with Crippen molar-refractivity contribution in [1.29, 1.82) is 0 Å². The lowest BCUT2D eigenvalue weighted by molar-refractivity contribution is 0.0356. The van der Waals surface area contributed by atoms with Crippen molar-refractivity contribution in [3.63, 3.8) is 0 Å². The van der Waals surface area contributed by atoms with Gasteiger partial charge in [-0.05, 0) is 11.6 Å². The first-order chi connectivity index (χ1) is 7.74. The maximum Gasteiger partial charge on any atom is 0.272 e. The zero-order chi connectivity index (χ0) is 11.5. The van der Waals surface area contributed by atoms with Crippen LogP contribution in [0.4, 0.5) is 0 Å². The third-order valence-electron chi connectivity index (χ3n) is 2.78. The summed E-state index contributed by atoms with van der Waals surface area (Å²) in [6.07, 6.45) is 1.62. The summed E-state index contributed by atoms with van der Waals surface area (Å²) in [4.78, 5) is 17.6. The van der Waals surface area contributed by atoms with Crippen molar-refractivity contribution in [3.8, 4) is 0 Å². The second-order valence-corrected chi connectivity index (χ2v) is 4.01. The van der Waals surface area contributed by atoms with Crippen LogP contribution in [0.25, 0.3) is 0 Å². The molecule has 3 N–H and O–H groups in total. The number of nitrogens with two attached hydrogens (primary N) is 1. The Labute approximate surface area is 93.9 Å². The highest BCUT2D eigenvalue weighted by atomic mass is 16.3. The summed E-state index contributed by atoms with van der Waals surface area (Å²) in [6, 6.07) is 3.50. The highest BCUT2D eigenvalue weighted by molar-refractivity contribution is 5.92.